The van der Waals surface area contributed by atoms with Gasteiger partial charge in [0.05, 0.1) is 5.52 Å². The Balaban J connectivity index is 1.32. The predicted molar refractivity (Wildman–Crippen MR) is 108 cm³/mol. The number of amides is 1. The minimum Gasteiger partial charge on any atom is -0.373 e. The highest BCUT2D eigenvalue weighted by atomic mass is 16.3. The van der Waals surface area contributed by atoms with Gasteiger partial charge in [-0.2, -0.15) is 0 Å². The predicted octanol–water partition coefficient (Wildman–Crippen LogP) is 3.92. The second-order valence-electron chi connectivity index (χ2n) is 6.52. The number of aliphatic hydroxyl groups excluding tert-OH is 1. The summed E-state index contributed by atoms with van der Waals surface area (Å²) in [6.07, 6.45) is 11.6. The van der Waals surface area contributed by atoms with Crippen LogP contribution in [0.5, 0.6) is 0 Å². The molecule has 5 nitrogen and oxygen atoms in total. The lowest BCUT2D eigenvalue weighted by atomic mass is 10.1. The van der Waals surface area contributed by atoms with E-state index >= 15 is 0 Å². The van der Waals surface area contributed by atoms with Gasteiger partial charge >= 0.3 is 0 Å². The number of fused-ring (bicyclic) bond motifs is 1. The van der Waals surface area contributed by atoms with Crippen LogP contribution in [-0.4, -0.2) is 27.1 Å². The van der Waals surface area contributed by atoms with Gasteiger partial charge in [0.2, 0.25) is 5.91 Å². The highest BCUT2D eigenvalue weighted by molar-refractivity contribution is 5.91. The summed E-state index contributed by atoms with van der Waals surface area (Å²) >= 11 is 0. The Morgan fingerprint density at radius 3 is 2.89 bits per heavy atom. The van der Waals surface area contributed by atoms with E-state index in [4.69, 9.17) is 0 Å². The summed E-state index contributed by atoms with van der Waals surface area (Å²) < 4.78 is 1.92. The maximum atomic E-state index is 11.8. The number of benzene rings is 1. The number of unbranched alkanes of at least 4 members (excludes halogenated alkanes) is 2. The summed E-state index contributed by atoms with van der Waals surface area (Å²) in [6.45, 7) is 0.638. The van der Waals surface area contributed by atoms with Gasteiger partial charge in [0.1, 0.15) is 6.23 Å². The molecule has 1 amide bonds. The number of carbonyl (C=O) groups is 1. The van der Waals surface area contributed by atoms with Crippen LogP contribution in [0.25, 0.3) is 17.0 Å². The summed E-state index contributed by atoms with van der Waals surface area (Å²) in [5.41, 5.74) is 1.96. The Kier molecular flexibility index (Phi) is 6.77. The fraction of sp³-hybridized carbons (Fsp3) is 0.273. The zero-order valence-corrected chi connectivity index (χ0v) is 15.3. The Bertz CT molecular complexity index is 887. The molecule has 0 spiro atoms. The molecule has 0 aliphatic heterocycles. The van der Waals surface area contributed by atoms with E-state index in [9.17, 15) is 9.90 Å². The van der Waals surface area contributed by atoms with Gasteiger partial charge in [-0.15, -0.1) is 0 Å². The average Bonchev–Trinajstić information content (AvgIpc) is 3.14. The lowest BCUT2D eigenvalue weighted by Crippen LogP contribution is -2.22. The van der Waals surface area contributed by atoms with Crippen molar-refractivity contribution >= 4 is 22.9 Å². The average molecular weight is 363 g/mol. The highest BCUT2D eigenvalue weighted by Crippen LogP contribution is 2.21. The van der Waals surface area contributed by atoms with Crippen molar-refractivity contribution in [2.24, 2.45) is 0 Å². The molecule has 0 saturated heterocycles. The first-order valence-corrected chi connectivity index (χ1v) is 9.33. The van der Waals surface area contributed by atoms with Crippen molar-refractivity contribution in [3.63, 3.8) is 0 Å². The summed E-state index contributed by atoms with van der Waals surface area (Å²) in [5, 5.41) is 14.4. The normalized spacial score (nSPS) is 12.5. The highest BCUT2D eigenvalue weighted by Gasteiger charge is 2.09. The van der Waals surface area contributed by atoms with Gasteiger partial charge in [0.25, 0.3) is 0 Å². The van der Waals surface area contributed by atoms with Crippen LogP contribution in [0.1, 0.15) is 37.5 Å². The molecule has 1 unspecified atom stereocenters. The maximum absolute atomic E-state index is 11.8. The number of nitrogens with zero attached hydrogens (tertiary/aromatic N) is 2. The van der Waals surface area contributed by atoms with E-state index in [2.05, 4.69) is 10.3 Å². The first-order valence-electron chi connectivity index (χ1n) is 9.33. The first kappa shape index (κ1) is 18.9. The molecule has 1 aromatic carbocycles. The van der Waals surface area contributed by atoms with Crippen LogP contribution in [0.2, 0.25) is 0 Å². The Morgan fingerprint density at radius 2 is 2.04 bits per heavy atom. The third kappa shape index (κ3) is 5.53. The largest absolute Gasteiger partial charge is 0.373 e. The van der Waals surface area contributed by atoms with Gasteiger partial charge in [-0.25, -0.2) is 0 Å². The number of nitrogens with one attached hydrogen (secondary N) is 1. The number of pyridine rings is 1. The molecule has 0 bridgehead atoms. The Morgan fingerprint density at radius 1 is 1.15 bits per heavy atom. The van der Waals surface area contributed by atoms with Crippen molar-refractivity contribution in [1.29, 1.82) is 0 Å². The van der Waals surface area contributed by atoms with E-state index in [0.29, 0.717) is 13.0 Å². The van der Waals surface area contributed by atoms with Crippen LogP contribution in [0.4, 0.5) is 0 Å². The second kappa shape index (κ2) is 9.69. The fourth-order valence-corrected chi connectivity index (χ4v) is 3.05. The van der Waals surface area contributed by atoms with Gasteiger partial charge in [-0.3, -0.25) is 9.78 Å². The van der Waals surface area contributed by atoms with Gasteiger partial charge in [0.15, 0.2) is 0 Å². The molecule has 0 aliphatic carbocycles. The van der Waals surface area contributed by atoms with Gasteiger partial charge in [0, 0.05) is 31.2 Å². The lowest BCUT2D eigenvalue weighted by molar-refractivity contribution is -0.116. The maximum Gasteiger partial charge on any atom is 0.243 e. The van der Waals surface area contributed by atoms with E-state index in [1.54, 1.807) is 18.5 Å². The first-order chi connectivity index (χ1) is 13.2. The van der Waals surface area contributed by atoms with Crippen molar-refractivity contribution in [3.05, 3.63) is 72.7 Å². The molecule has 2 N–H and O–H groups in total. The van der Waals surface area contributed by atoms with Gasteiger partial charge in [-0.1, -0.05) is 30.7 Å². The van der Waals surface area contributed by atoms with E-state index in [1.165, 1.54) is 6.08 Å². The van der Waals surface area contributed by atoms with Crippen molar-refractivity contribution in [2.75, 3.05) is 6.54 Å². The summed E-state index contributed by atoms with van der Waals surface area (Å²) in [5.74, 6) is -0.0994. The Labute approximate surface area is 159 Å². The molecule has 0 radical (unpaired) electrons. The van der Waals surface area contributed by atoms with E-state index in [1.807, 2.05) is 53.2 Å². The zero-order chi connectivity index (χ0) is 18.9. The van der Waals surface area contributed by atoms with Crippen LogP contribution < -0.4 is 5.32 Å². The molecule has 0 saturated carbocycles. The molecule has 27 heavy (non-hydrogen) atoms. The summed E-state index contributed by atoms with van der Waals surface area (Å²) in [7, 11) is 0. The van der Waals surface area contributed by atoms with Gasteiger partial charge in [-0.05, 0) is 54.5 Å². The molecule has 5 heteroatoms. The van der Waals surface area contributed by atoms with Crippen molar-refractivity contribution in [2.45, 2.75) is 31.9 Å². The monoisotopic (exact) mass is 363 g/mol. The molecule has 0 aliphatic rings. The number of carbonyl (C=O) groups excluding carboxylic acids is 1. The topological polar surface area (TPSA) is 67.2 Å². The molecule has 140 valence electrons. The smallest absolute Gasteiger partial charge is 0.243 e. The quantitative estimate of drug-likeness (QED) is 0.447. The van der Waals surface area contributed by atoms with Crippen molar-refractivity contribution < 1.29 is 9.90 Å². The van der Waals surface area contributed by atoms with Crippen LogP contribution in [0.15, 0.2) is 67.1 Å². The van der Waals surface area contributed by atoms with Crippen LogP contribution in [0.3, 0.4) is 0 Å². The summed E-state index contributed by atoms with van der Waals surface area (Å²) in [6, 6.07) is 13.8. The SMILES string of the molecule is O=C(/C=C/c1cccnc1)NCCCCCC(O)n1ccc2ccccc21. The number of aromatic nitrogens is 2. The molecule has 2 heterocycles. The molecule has 1 atom stereocenters. The van der Waals surface area contributed by atoms with E-state index in [-0.39, 0.29) is 5.91 Å². The molecule has 3 rings (SSSR count). The summed E-state index contributed by atoms with van der Waals surface area (Å²) in [4.78, 5) is 15.8. The van der Waals surface area contributed by atoms with Crippen LogP contribution >= 0.6 is 0 Å². The Hall–Kier alpha value is -2.92. The van der Waals surface area contributed by atoms with Gasteiger partial charge < -0.3 is 15.0 Å². The fourth-order valence-electron chi connectivity index (χ4n) is 3.05. The van der Waals surface area contributed by atoms with Crippen LogP contribution in [-0.2, 0) is 4.79 Å². The van der Waals surface area contributed by atoms with E-state index in [0.717, 1.165) is 35.7 Å². The number of aliphatic hydroxyl groups is 1. The molecule has 2 aromatic heterocycles. The molecule has 3 aromatic rings. The number of hydrogen-bond acceptors (Lipinski definition) is 3. The van der Waals surface area contributed by atoms with Crippen molar-refractivity contribution in [1.82, 2.24) is 14.9 Å². The number of rotatable bonds is 9. The number of para-hydroxylation sites is 1. The number of hydrogen-bond donors (Lipinski definition) is 2. The zero-order valence-electron chi connectivity index (χ0n) is 15.3. The molecular weight excluding hydrogens is 338 g/mol. The third-order valence-electron chi connectivity index (χ3n) is 4.50. The third-order valence-corrected chi connectivity index (χ3v) is 4.50. The van der Waals surface area contributed by atoms with Crippen molar-refractivity contribution in [3.8, 4) is 0 Å². The standard InChI is InChI=1S/C22H25N3O2/c26-21(12-11-18-7-6-14-23-17-18)24-15-5-1-2-10-22(27)25-16-13-19-8-3-4-9-20(19)25/h3-4,6-9,11-14,16-17,22,27H,1-2,5,10,15H2,(H,24,26)/b12-11+. The molecule has 0 fully saturated rings. The molecular formula is C22H25N3O2. The van der Waals surface area contributed by atoms with Crippen LogP contribution in [0, 0.1) is 0 Å². The second-order valence-corrected chi connectivity index (χ2v) is 6.52. The van der Waals surface area contributed by atoms with E-state index < -0.39 is 6.23 Å². The minimum atomic E-state index is -0.512. The minimum absolute atomic E-state index is 0.0994. The lowest BCUT2D eigenvalue weighted by Gasteiger charge is -2.14.